The lowest BCUT2D eigenvalue weighted by Crippen LogP contribution is -2.20. The normalized spacial score (nSPS) is 10.9. The molecule has 0 saturated carbocycles. The van der Waals surface area contributed by atoms with Crippen LogP contribution in [0.1, 0.15) is 16.7 Å². The first-order valence-electron chi connectivity index (χ1n) is 10.9. The summed E-state index contributed by atoms with van der Waals surface area (Å²) < 4.78 is 11.5. The van der Waals surface area contributed by atoms with E-state index in [1.807, 2.05) is 24.3 Å². The number of carbonyl (C=O) groups excluding carboxylic acids is 1. The minimum absolute atomic E-state index is 0.101. The summed E-state index contributed by atoms with van der Waals surface area (Å²) in [5.74, 6) is 0.649. The number of carbonyl (C=O) groups is 1. The summed E-state index contributed by atoms with van der Waals surface area (Å²) in [6.45, 7) is 0.382. The zero-order chi connectivity index (χ0) is 24.6. The fraction of sp³-hybridized carbons (Fsp3) is 0.111. The van der Waals surface area contributed by atoms with E-state index in [-0.39, 0.29) is 12.1 Å². The number of methoxy groups -OCH3 is 1. The maximum Gasteiger partial charge on any atom is 0.273 e. The molecule has 8 nitrogen and oxygen atoms in total. The second kappa shape index (κ2) is 10.9. The van der Waals surface area contributed by atoms with Gasteiger partial charge in [-0.15, -0.1) is 0 Å². The van der Waals surface area contributed by atoms with Gasteiger partial charge in [0.05, 0.1) is 24.7 Å². The first kappa shape index (κ1) is 23.4. The Morgan fingerprint density at radius 1 is 0.971 bits per heavy atom. The monoisotopic (exact) mass is 469 g/mol. The molecule has 35 heavy (non-hydrogen) atoms. The maximum absolute atomic E-state index is 12.2. The van der Waals surface area contributed by atoms with Crippen molar-refractivity contribution in [3.05, 3.63) is 112 Å². The second-order valence-electron chi connectivity index (χ2n) is 7.69. The number of nitro benzene ring substituents is 1. The Morgan fingerprint density at radius 3 is 2.54 bits per heavy atom. The minimum atomic E-state index is -0.512. The third kappa shape index (κ3) is 5.80. The van der Waals surface area contributed by atoms with E-state index in [9.17, 15) is 14.9 Å². The summed E-state index contributed by atoms with van der Waals surface area (Å²) in [7, 11) is 1.55. The highest BCUT2D eigenvalue weighted by Gasteiger charge is 2.15. The molecule has 0 aliphatic heterocycles. The van der Waals surface area contributed by atoms with E-state index < -0.39 is 10.8 Å². The van der Waals surface area contributed by atoms with Crippen LogP contribution in [-0.4, -0.2) is 24.2 Å². The van der Waals surface area contributed by atoms with Crippen molar-refractivity contribution in [3.8, 4) is 11.5 Å². The van der Waals surface area contributed by atoms with Gasteiger partial charge in [-0.1, -0.05) is 60.7 Å². The van der Waals surface area contributed by atoms with Gasteiger partial charge < -0.3 is 9.47 Å². The van der Waals surface area contributed by atoms with E-state index in [4.69, 9.17) is 9.47 Å². The molecule has 0 spiro atoms. The number of amides is 1. The van der Waals surface area contributed by atoms with E-state index in [0.29, 0.717) is 29.2 Å². The lowest BCUT2D eigenvalue weighted by Gasteiger charge is -2.12. The molecule has 1 N–H and O–H groups in total. The molecule has 0 unspecified atom stereocenters. The number of fused-ring (bicyclic) bond motifs is 1. The Bertz CT molecular complexity index is 1400. The lowest BCUT2D eigenvalue weighted by atomic mass is 10.1. The number of nitro groups is 1. The number of hydrogen-bond donors (Lipinski definition) is 1. The third-order valence-electron chi connectivity index (χ3n) is 5.39. The molecule has 0 aliphatic carbocycles. The Hall–Kier alpha value is -4.72. The first-order chi connectivity index (χ1) is 17.0. The molecular weight excluding hydrogens is 446 g/mol. The number of hydrazone groups is 1. The molecule has 0 fully saturated rings. The van der Waals surface area contributed by atoms with Gasteiger partial charge in [0.1, 0.15) is 6.61 Å². The topological polar surface area (TPSA) is 103 Å². The van der Waals surface area contributed by atoms with Crippen molar-refractivity contribution < 1.29 is 19.2 Å². The van der Waals surface area contributed by atoms with Crippen LogP contribution < -0.4 is 14.9 Å². The highest BCUT2D eigenvalue weighted by molar-refractivity contribution is 5.86. The molecule has 4 aromatic carbocycles. The van der Waals surface area contributed by atoms with Crippen LogP contribution in [0.5, 0.6) is 11.5 Å². The summed E-state index contributed by atoms with van der Waals surface area (Å²) in [6.07, 6.45) is 1.31. The van der Waals surface area contributed by atoms with Crippen LogP contribution >= 0.6 is 0 Å². The standard InChI is InChI=1S/C27H23N3O5/c1-34-26-15-19(17-28-29-27(31)16-21-8-3-5-12-24(21)30(32)33)13-14-25(26)35-18-22-10-6-9-20-7-2-4-11-23(20)22/h2-15,17H,16,18H2,1H3,(H,29,31). The molecule has 0 radical (unpaired) electrons. The summed E-state index contributed by atoms with van der Waals surface area (Å²) in [6, 6.07) is 25.7. The van der Waals surface area contributed by atoms with Crippen LogP contribution in [0, 0.1) is 10.1 Å². The average Bonchev–Trinajstić information content (AvgIpc) is 2.88. The molecule has 0 aliphatic rings. The summed E-state index contributed by atoms with van der Waals surface area (Å²) in [4.78, 5) is 22.8. The predicted molar refractivity (Wildman–Crippen MR) is 134 cm³/mol. The van der Waals surface area contributed by atoms with Crippen molar-refractivity contribution in [1.29, 1.82) is 0 Å². The quantitative estimate of drug-likeness (QED) is 0.210. The van der Waals surface area contributed by atoms with Crippen LogP contribution in [-0.2, 0) is 17.8 Å². The summed E-state index contributed by atoms with van der Waals surface area (Å²) in [5.41, 5.74) is 4.37. The summed E-state index contributed by atoms with van der Waals surface area (Å²) >= 11 is 0. The van der Waals surface area contributed by atoms with Crippen molar-refractivity contribution in [2.75, 3.05) is 7.11 Å². The van der Waals surface area contributed by atoms with Crippen molar-refractivity contribution in [3.63, 3.8) is 0 Å². The minimum Gasteiger partial charge on any atom is -0.493 e. The molecule has 0 bridgehead atoms. The summed E-state index contributed by atoms with van der Waals surface area (Å²) in [5, 5.41) is 17.3. The SMILES string of the molecule is COc1cc(C=NNC(=O)Cc2ccccc2[N+](=O)[O-])ccc1OCc1cccc2ccccc12. The van der Waals surface area contributed by atoms with Gasteiger partial charge in [0.25, 0.3) is 5.69 Å². The van der Waals surface area contributed by atoms with Gasteiger partial charge in [-0.25, -0.2) is 5.43 Å². The van der Waals surface area contributed by atoms with E-state index in [2.05, 4.69) is 28.7 Å². The van der Waals surface area contributed by atoms with Crippen LogP contribution in [0.25, 0.3) is 10.8 Å². The van der Waals surface area contributed by atoms with E-state index >= 15 is 0 Å². The Kier molecular flexibility index (Phi) is 7.32. The highest BCUT2D eigenvalue weighted by atomic mass is 16.6. The number of nitrogens with zero attached hydrogens (tertiary/aromatic N) is 2. The number of ether oxygens (including phenoxy) is 2. The van der Waals surface area contributed by atoms with Gasteiger partial charge in [0.15, 0.2) is 11.5 Å². The average molecular weight is 469 g/mol. The number of hydrogen-bond acceptors (Lipinski definition) is 6. The second-order valence-corrected chi connectivity index (χ2v) is 7.69. The third-order valence-corrected chi connectivity index (χ3v) is 5.39. The molecule has 4 rings (SSSR count). The van der Waals surface area contributed by atoms with Crippen molar-refractivity contribution in [2.24, 2.45) is 5.10 Å². The number of para-hydroxylation sites is 1. The maximum atomic E-state index is 12.2. The van der Waals surface area contributed by atoms with Gasteiger partial charge >= 0.3 is 0 Å². The van der Waals surface area contributed by atoms with Gasteiger partial charge in [-0.2, -0.15) is 5.10 Å². The van der Waals surface area contributed by atoms with Crippen LogP contribution in [0.2, 0.25) is 0 Å². The largest absolute Gasteiger partial charge is 0.493 e. The zero-order valence-electron chi connectivity index (χ0n) is 19.0. The highest BCUT2D eigenvalue weighted by Crippen LogP contribution is 2.29. The zero-order valence-corrected chi connectivity index (χ0v) is 19.0. The molecule has 1 amide bonds. The van der Waals surface area contributed by atoms with Crippen LogP contribution in [0.15, 0.2) is 90.0 Å². The van der Waals surface area contributed by atoms with E-state index in [0.717, 1.165) is 16.3 Å². The Labute approximate surface area is 202 Å². The van der Waals surface area contributed by atoms with Crippen molar-refractivity contribution in [2.45, 2.75) is 13.0 Å². The smallest absolute Gasteiger partial charge is 0.273 e. The lowest BCUT2D eigenvalue weighted by molar-refractivity contribution is -0.385. The van der Waals surface area contributed by atoms with E-state index in [1.165, 1.54) is 12.3 Å². The molecule has 0 atom stereocenters. The first-order valence-corrected chi connectivity index (χ1v) is 10.9. The molecule has 4 aromatic rings. The van der Waals surface area contributed by atoms with Gasteiger partial charge in [0.2, 0.25) is 5.91 Å². The van der Waals surface area contributed by atoms with E-state index in [1.54, 1.807) is 43.5 Å². The molecule has 0 saturated heterocycles. The molecular formula is C27H23N3O5. The molecule has 0 heterocycles. The van der Waals surface area contributed by atoms with Crippen molar-refractivity contribution in [1.82, 2.24) is 5.43 Å². The molecule has 0 aromatic heterocycles. The van der Waals surface area contributed by atoms with Crippen LogP contribution in [0.4, 0.5) is 5.69 Å². The Balaban J connectivity index is 1.39. The van der Waals surface area contributed by atoms with Crippen LogP contribution in [0.3, 0.4) is 0 Å². The number of nitrogens with one attached hydrogen (secondary N) is 1. The van der Waals surface area contributed by atoms with Gasteiger partial charge in [0, 0.05) is 11.6 Å². The molecule has 8 heteroatoms. The molecule has 176 valence electrons. The van der Waals surface area contributed by atoms with Crippen molar-refractivity contribution >= 4 is 28.6 Å². The van der Waals surface area contributed by atoms with Gasteiger partial charge in [-0.3, -0.25) is 14.9 Å². The Morgan fingerprint density at radius 2 is 1.71 bits per heavy atom. The van der Waals surface area contributed by atoms with Gasteiger partial charge in [-0.05, 0) is 40.1 Å². The fourth-order valence-corrected chi connectivity index (χ4v) is 3.69. The fourth-order valence-electron chi connectivity index (χ4n) is 3.69. The predicted octanol–water partition coefficient (Wildman–Crippen LogP) is 5.03. The number of rotatable bonds is 9. The number of benzene rings is 4.